The molecular weight excluding hydrogens is 166 g/mol. The lowest BCUT2D eigenvalue weighted by atomic mass is 10.3. The molecule has 1 aromatic heterocycles. The Hall–Kier alpha value is -1.19. The van der Waals surface area contributed by atoms with Crippen LogP contribution < -0.4 is 0 Å². The van der Waals surface area contributed by atoms with Gasteiger partial charge < -0.3 is 0 Å². The number of carbonyl (C=O) groups excluding carboxylic acids is 1. The number of nitrogens with zero attached hydrogens (tertiary/aromatic N) is 3. The van der Waals surface area contributed by atoms with Gasteiger partial charge in [-0.3, -0.25) is 4.79 Å². The van der Waals surface area contributed by atoms with E-state index in [1.165, 1.54) is 19.3 Å². The van der Waals surface area contributed by atoms with Gasteiger partial charge in [0.1, 0.15) is 5.69 Å². The molecular formula is C9H13N3O. The average Bonchev–Trinajstić information content (AvgIpc) is 2.89. The predicted octanol–water partition coefficient (Wildman–Crippen LogP) is 1.20. The van der Waals surface area contributed by atoms with Gasteiger partial charge in [0.05, 0.1) is 5.69 Å². The maximum atomic E-state index is 10.5. The number of aldehydes is 1. The molecule has 1 heterocycles. The minimum Gasteiger partial charge on any atom is -0.296 e. The van der Waals surface area contributed by atoms with Crippen LogP contribution in [0.1, 0.15) is 35.4 Å². The van der Waals surface area contributed by atoms with Gasteiger partial charge in [-0.1, -0.05) is 18.1 Å². The van der Waals surface area contributed by atoms with Crippen molar-refractivity contribution >= 4 is 6.29 Å². The lowest BCUT2D eigenvalue weighted by Crippen LogP contribution is -2.03. The summed E-state index contributed by atoms with van der Waals surface area (Å²) in [5.74, 6) is 0.892. The van der Waals surface area contributed by atoms with Gasteiger partial charge in [0.15, 0.2) is 6.29 Å². The fourth-order valence-corrected chi connectivity index (χ4v) is 1.41. The van der Waals surface area contributed by atoms with E-state index >= 15 is 0 Å². The second-order valence-corrected chi connectivity index (χ2v) is 3.63. The largest absolute Gasteiger partial charge is 0.296 e. The number of hydrogen-bond acceptors (Lipinski definition) is 3. The first-order valence-corrected chi connectivity index (χ1v) is 4.66. The van der Waals surface area contributed by atoms with Crippen LogP contribution in [0.15, 0.2) is 0 Å². The third-order valence-electron chi connectivity index (χ3n) is 2.58. The van der Waals surface area contributed by atoms with Gasteiger partial charge in [0.25, 0.3) is 0 Å². The number of rotatable bonds is 4. The second-order valence-electron chi connectivity index (χ2n) is 3.63. The monoisotopic (exact) mass is 179 g/mol. The van der Waals surface area contributed by atoms with E-state index in [0.29, 0.717) is 5.69 Å². The Kier molecular flexibility index (Phi) is 2.12. The molecule has 0 saturated heterocycles. The summed E-state index contributed by atoms with van der Waals surface area (Å²) < 4.78 is 1.82. The van der Waals surface area contributed by atoms with Crippen molar-refractivity contribution in [1.29, 1.82) is 0 Å². The van der Waals surface area contributed by atoms with E-state index in [-0.39, 0.29) is 0 Å². The zero-order valence-electron chi connectivity index (χ0n) is 7.73. The van der Waals surface area contributed by atoms with Crippen molar-refractivity contribution in [1.82, 2.24) is 15.0 Å². The fourth-order valence-electron chi connectivity index (χ4n) is 1.41. The summed E-state index contributed by atoms with van der Waals surface area (Å²) in [4.78, 5) is 10.5. The molecule has 0 spiro atoms. The molecule has 70 valence electrons. The van der Waals surface area contributed by atoms with Crippen LogP contribution in [0.5, 0.6) is 0 Å². The van der Waals surface area contributed by atoms with Gasteiger partial charge >= 0.3 is 0 Å². The topological polar surface area (TPSA) is 47.8 Å². The SMILES string of the molecule is Cc1c(C=O)nnn1CCC1CC1. The molecule has 0 N–H and O–H groups in total. The molecule has 13 heavy (non-hydrogen) atoms. The number of carbonyl (C=O) groups is 1. The maximum absolute atomic E-state index is 10.5. The van der Waals surface area contributed by atoms with E-state index < -0.39 is 0 Å². The molecule has 1 saturated carbocycles. The molecule has 2 rings (SSSR count). The highest BCUT2D eigenvalue weighted by molar-refractivity contribution is 5.72. The van der Waals surface area contributed by atoms with Crippen molar-refractivity contribution in [3.8, 4) is 0 Å². The highest BCUT2D eigenvalue weighted by Crippen LogP contribution is 2.32. The molecule has 1 fully saturated rings. The standard InChI is InChI=1S/C9H13N3O/c1-7-9(6-13)10-11-12(7)5-4-8-2-3-8/h6,8H,2-5H2,1H3. The Labute approximate surface area is 76.9 Å². The summed E-state index contributed by atoms with van der Waals surface area (Å²) in [7, 11) is 0. The van der Waals surface area contributed by atoms with E-state index in [4.69, 9.17) is 0 Å². The van der Waals surface area contributed by atoms with Crippen LogP contribution in [0.25, 0.3) is 0 Å². The van der Waals surface area contributed by atoms with Gasteiger partial charge in [-0.15, -0.1) is 5.10 Å². The molecule has 0 bridgehead atoms. The molecule has 1 aliphatic rings. The molecule has 0 radical (unpaired) electrons. The zero-order valence-corrected chi connectivity index (χ0v) is 7.73. The van der Waals surface area contributed by atoms with Crippen LogP contribution in [0, 0.1) is 12.8 Å². The highest BCUT2D eigenvalue weighted by atomic mass is 16.1. The lowest BCUT2D eigenvalue weighted by Gasteiger charge is -2.00. The lowest BCUT2D eigenvalue weighted by molar-refractivity contribution is 0.111. The van der Waals surface area contributed by atoms with Crippen LogP contribution in [-0.4, -0.2) is 21.3 Å². The average molecular weight is 179 g/mol. The second kappa shape index (κ2) is 3.28. The van der Waals surface area contributed by atoms with Gasteiger partial charge in [0.2, 0.25) is 0 Å². The number of hydrogen-bond donors (Lipinski definition) is 0. The quantitative estimate of drug-likeness (QED) is 0.652. The van der Waals surface area contributed by atoms with Crippen LogP contribution in [0.4, 0.5) is 0 Å². The molecule has 1 aliphatic carbocycles. The smallest absolute Gasteiger partial charge is 0.172 e. The Bertz CT molecular complexity index is 315. The third kappa shape index (κ3) is 1.76. The summed E-state index contributed by atoms with van der Waals surface area (Å²) in [5, 5.41) is 7.70. The van der Waals surface area contributed by atoms with E-state index in [9.17, 15) is 4.79 Å². The Morgan fingerprint density at radius 3 is 2.92 bits per heavy atom. The van der Waals surface area contributed by atoms with E-state index in [1.807, 2.05) is 11.6 Å². The minimum atomic E-state index is 0.468. The van der Waals surface area contributed by atoms with Crippen molar-refractivity contribution in [2.75, 3.05) is 0 Å². The zero-order chi connectivity index (χ0) is 9.26. The van der Waals surface area contributed by atoms with Gasteiger partial charge in [0, 0.05) is 6.54 Å². The van der Waals surface area contributed by atoms with Crippen LogP contribution in [0.3, 0.4) is 0 Å². The highest BCUT2D eigenvalue weighted by Gasteiger charge is 2.21. The summed E-state index contributed by atoms with van der Waals surface area (Å²) >= 11 is 0. The number of aromatic nitrogens is 3. The van der Waals surface area contributed by atoms with Crippen LogP contribution in [-0.2, 0) is 6.54 Å². The summed E-state index contributed by atoms with van der Waals surface area (Å²) in [6.07, 6.45) is 4.64. The Balaban J connectivity index is 2.01. The van der Waals surface area contributed by atoms with E-state index in [2.05, 4.69) is 10.3 Å². The summed E-state index contributed by atoms with van der Waals surface area (Å²) in [6.45, 7) is 2.79. The van der Waals surface area contributed by atoms with Crippen molar-refractivity contribution in [3.63, 3.8) is 0 Å². The first kappa shape index (κ1) is 8.41. The van der Waals surface area contributed by atoms with Gasteiger partial charge in [-0.05, 0) is 19.3 Å². The minimum absolute atomic E-state index is 0.468. The molecule has 4 heteroatoms. The van der Waals surface area contributed by atoms with Crippen molar-refractivity contribution in [2.24, 2.45) is 5.92 Å². The first-order chi connectivity index (χ1) is 6.31. The Morgan fingerprint density at radius 2 is 2.38 bits per heavy atom. The van der Waals surface area contributed by atoms with Gasteiger partial charge in [-0.2, -0.15) is 0 Å². The molecule has 1 aromatic rings. The molecule has 0 aliphatic heterocycles. The number of aryl methyl sites for hydroxylation is 1. The van der Waals surface area contributed by atoms with E-state index in [1.54, 1.807) is 0 Å². The maximum Gasteiger partial charge on any atom is 0.172 e. The van der Waals surface area contributed by atoms with Crippen molar-refractivity contribution in [3.05, 3.63) is 11.4 Å². The predicted molar refractivity (Wildman–Crippen MR) is 47.5 cm³/mol. The summed E-state index contributed by atoms with van der Waals surface area (Å²) in [5.41, 5.74) is 1.35. The van der Waals surface area contributed by atoms with Crippen LogP contribution in [0.2, 0.25) is 0 Å². The molecule has 0 aromatic carbocycles. The third-order valence-corrected chi connectivity index (χ3v) is 2.58. The Morgan fingerprint density at radius 1 is 1.62 bits per heavy atom. The van der Waals surface area contributed by atoms with Crippen LogP contribution >= 0.6 is 0 Å². The van der Waals surface area contributed by atoms with Crippen molar-refractivity contribution < 1.29 is 4.79 Å². The molecule has 4 nitrogen and oxygen atoms in total. The molecule has 0 atom stereocenters. The summed E-state index contributed by atoms with van der Waals surface area (Å²) in [6, 6.07) is 0. The van der Waals surface area contributed by atoms with E-state index in [0.717, 1.165) is 24.4 Å². The molecule has 0 amide bonds. The molecule has 0 unspecified atom stereocenters. The van der Waals surface area contributed by atoms with Gasteiger partial charge in [-0.25, -0.2) is 4.68 Å². The van der Waals surface area contributed by atoms with Crippen molar-refractivity contribution in [2.45, 2.75) is 32.7 Å². The first-order valence-electron chi connectivity index (χ1n) is 4.66. The normalized spacial score (nSPS) is 16.1. The fraction of sp³-hybridized carbons (Fsp3) is 0.667.